The van der Waals surface area contributed by atoms with E-state index in [4.69, 9.17) is 9.47 Å². The van der Waals surface area contributed by atoms with Gasteiger partial charge >= 0.3 is 0 Å². The van der Waals surface area contributed by atoms with E-state index in [0.717, 1.165) is 0 Å². The Morgan fingerprint density at radius 1 is 1.22 bits per heavy atom. The lowest BCUT2D eigenvalue weighted by atomic mass is 10.2. The van der Waals surface area contributed by atoms with Crippen LogP contribution in [0, 0.1) is 5.92 Å². The Balaban J connectivity index is 2.58. The van der Waals surface area contributed by atoms with Crippen molar-refractivity contribution in [1.29, 1.82) is 0 Å². The van der Waals surface area contributed by atoms with E-state index in [1.54, 1.807) is 26.2 Å². The molecule has 0 radical (unpaired) electrons. The number of ether oxygens (including phenoxy) is 2. The Morgan fingerprint density at radius 3 is 2.39 bits per heavy atom. The number of carbonyl (C=O) groups is 1. The number of para-hydroxylation sites is 2. The van der Waals surface area contributed by atoms with Crippen LogP contribution in [0.5, 0.6) is 11.5 Å². The van der Waals surface area contributed by atoms with Crippen LogP contribution in [-0.2, 0) is 4.79 Å². The fraction of sp³-hybridized carbons (Fsp3) is 0.500. The third-order valence-electron chi connectivity index (χ3n) is 2.43. The first-order valence-electron chi connectivity index (χ1n) is 6.12. The molecule has 1 atom stereocenters. The summed E-state index contributed by atoms with van der Waals surface area (Å²) >= 11 is 0. The highest BCUT2D eigenvalue weighted by Gasteiger charge is 2.16. The summed E-state index contributed by atoms with van der Waals surface area (Å²) in [6, 6.07) is 7.28. The van der Waals surface area contributed by atoms with E-state index < -0.39 is 6.10 Å². The first-order valence-corrected chi connectivity index (χ1v) is 6.12. The number of rotatable bonds is 6. The number of benzene rings is 1. The molecule has 0 aliphatic heterocycles. The van der Waals surface area contributed by atoms with Crippen LogP contribution in [0.4, 0.5) is 0 Å². The van der Waals surface area contributed by atoms with Crippen LogP contribution in [0.15, 0.2) is 24.3 Å². The first kappa shape index (κ1) is 14.4. The zero-order valence-corrected chi connectivity index (χ0v) is 11.4. The highest BCUT2D eigenvalue weighted by Crippen LogP contribution is 2.26. The zero-order valence-electron chi connectivity index (χ0n) is 11.4. The van der Waals surface area contributed by atoms with Crippen molar-refractivity contribution in [1.82, 2.24) is 5.32 Å². The van der Waals surface area contributed by atoms with Crippen LogP contribution in [-0.4, -0.2) is 25.7 Å². The molecule has 0 saturated carbocycles. The quantitative estimate of drug-likeness (QED) is 0.843. The van der Waals surface area contributed by atoms with Crippen molar-refractivity contribution in [3.05, 3.63) is 24.3 Å². The maximum absolute atomic E-state index is 11.8. The molecule has 100 valence electrons. The largest absolute Gasteiger partial charge is 0.493 e. The van der Waals surface area contributed by atoms with Gasteiger partial charge < -0.3 is 14.8 Å². The van der Waals surface area contributed by atoms with E-state index in [1.165, 1.54) is 0 Å². The summed E-state index contributed by atoms with van der Waals surface area (Å²) in [5.74, 6) is 1.51. The second kappa shape index (κ2) is 6.89. The van der Waals surface area contributed by atoms with Gasteiger partial charge in [-0.2, -0.15) is 0 Å². The van der Waals surface area contributed by atoms with Crippen LogP contribution in [0.3, 0.4) is 0 Å². The summed E-state index contributed by atoms with van der Waals surface area (Å²) < 4.78 is 10.8. The molecule has 4 heteroatoms. The summed E-state index contributed by atoms with van der Waals surface area (Å²) in [7, 11) is 1.58. The van der Waals surface area contributed by atoms with E-state index in [0.29, 0.717) is 24.0 Å². The van der Waals surface area contributed by atoms with Crippen molar-refractivity contribution in [3.8, 4) is 11.5 Å². The van der Waals surface area contributed by atoms with Gasteiger partial charge in [0.1, 0.15) is 0 Å². The van der Waals surface area contributed by atoms with Crippen molar-refractivity contribution in [2.45, 2.75) is 26.9 Å². The Hall–Kier alpha value is -1.71. The van der Waals surface area contributed by atoms with E-state index in [2.05, 4.69) is 5.32 Å². The molecule has 0 heterocycles. The molecule has 1 aromatic carbocycles. The molecule has 0 fully saturated rings. The molecule has 0 aliphatic rings. The topological polar surface area (TPSA) is 47.6 Å². The zero-order chi connectivity index (χ0) is 13.5. The third-order valence-corrected chi connectivity index (χ3v) is 2.43. The molecule has 18 heavy (non-hydrogen) atoms. The number of carbonyl (C=O) groups excluding carboxylic acids is 1. The third kappa shape index (κ3) is 4.28. The van der Waals surface area contributed by atoms with Crippen molar-refractivity contribution >= 4 is 5.91 Å². The van der Waals surface area contributed by atoms with Crippen LogP contribution in [0.1, 0.15) is 20.8 Å². The lowest BCUT2D eigenvalue weighted by molar-refractivity contribution is -0.127. The highest BCUT2D eigenvalue weighted by molar-refractivity contribution is 5.80. The molecule has 0 saturated heterocycles. The molecule has 1 amide bonds. The van der Waals surface area contributed by atoms with Gasteiger partial charge in [0, 0.05) is 6.54 Å². The molecule has 0 bridgehead atoms. The normalized spacial score (nSPS) is 12.1. The minimum atomic E-state index is -0.542. The predicted octanol–water partition coefficient (Wildman–Crippen LogP) is 2.23. The SMILES string of the molecule is COc1ccccc1O[C@H](C)C(=O)NCC(C)C. The molecule has 4 nitrogen and oxygen atoms in total. The monoisotopic (exact) mass is 251 g/mol. The molecule has 1 aromatic rings. The smallest absolute Gasteiger partial charge is 0.260 e. The number of nitrogens with one attached hydrogen (secondary N) is 1. The molecule has 0 aromatic heterocycles. The average molecular weight is 251 g/mol. The van der Waals surface area contributed by atoms with Crippen molar-refractivity contribution < 1.29 is 14.3 Å². The summed E-state index contributed by atoms with van der Waals surface area (Å²) in [4.78, 5) is 11.8. The standard InChI is InChI=1S/C14H21NO3/c1-10(2)9-15-14(16)11(3)18-13-8-6-5-7-12(13)17-4/h5-8,10-11H,9H2,1-4H3,(H,15,16)/t11-/m1/s1. The number of hydrogen-bond acceptors (Lipinski definition) is 3. The maximum atomic E-state index is 11.8. The van der Waals surface area contributed by atoms with Gasteiger partial charge in [0.2, 0.25) is 0 Å². The van der Waals surface area contributed by atoms with E-state index >= 15 is 0 Å². The van der Waals surface area contributed by atoms with Crippen LogP contribution >= 0.6 is 0 Å². The summed E-state index contributed by atoms with van der Waals surface area (Å²) in [6.07, 6.45) is -0.542. The Labute approximate surface area is 108 Å². The Bertz CT molecular complexity index is 390. The average Bonchev–Trinajstić information content (AvgIpc) is 2.36. The predicted molar refractivity (Wildman–Crippen MR) is 70.9 cm³/mol. The Kier molecular flexibility index (Phi) is 5.49. The van der Waals surface area contributed by atoms with E-state index in [-0.39, 0.29) is 5.91 Å². The fourth-order valence-corrected chi connectivity index (χ4v) is 1.41. The van der Waals surface area contributed by atoms with Gasteiger partial charge in [0.25, 0.3) is 5.91 Å². The van der Waals surface area contributed by atoms with Gasteiger partial charge in [-0.15, -0.1) is 0 Å². The van der Waals surface area contributed by atoms with Gasteiger partial charge in [-0.1, -0.05) is 26.0 Å². The molecule has 0 spiro atoms. The molecule has 1 N–H and O–H groups in total. The fourth-order valence-electron chi connectivity index (χ4n) is 1.41. The minimum absolute atomic E-state index is 0.116. The molecular weight excluding hydrogens is 230 g/mol. The summed E-state index contributed by atoms with van der Waals surface area (Å²) in [5.41, 5.74) is 0. The van der Waals surface area contributed by atoms with Gasteiger partial charge in [0.05, 0.1) is 7.11 Å². The number of methoxy groups -OCH3 is 1. The minimum Gasteiger partial charge on any atom is -0.493 e. The molecular formula is C14H21NO3. The van der Waals surface area contributed by atoms with Gasteiger partial charge in [-0.3, -0.25) is 4.79 Å². The Morgan fingerprint density at radius 2 is 1.83 bits per heavy atom. The van der Waals surface area contributed by atoms with Crippen LogP contribution in [0.2, 0.25) is 0 Å². The van der Waals surface area contributed by atoms with Gasteiger partial charge in [-0.25, -0.2) is 0 Å². The number of amides is 1. The van der Waals surface area contributed by atoms with Gasteiger partial charge in [0.15, 0.2) is 17.6 Å². The summed E-state index contributed by atoms with van der Waals surface area (Å²) in [5, 5.41) is 2.83. The van der Waals surface area contributed by atoms with E-state index in [9.17, 15) is 4.79 Å². The van der Waals surface area contributed by atoms with Crippen molar-refractivity contribution in [2.75, 3.05) is 13.7 Å². The molecule has 1 rings (SSSR count). The lowest BCUT2D eigenvalue weighted by Crippen LogP contribution is -2.38. The van der Waals surface area contributed by atoms with Crippen LogP contribution < -0.4 is 14.8 Å². The highest BCUT2D eigenvalue weighted by atomic mass is 16.5. The summed E-state index contributed by atoms with van der Waals surface area (Å²) in [6.45, 7) is 6.47. The molecule has 0 aliphatic carbocycles. The molecule has 0 unspecified atom stereocenters. The van der Waals surface area contributed by atoms with Gasteiger partial charge in [-0.05, 0) is 25.0 Å². The first-order chi connectivity index (χ1) is 8.54. The second-order valence-corrected chi connectivity index (χ2v) is 4.55. The lowest BCUT2D eigenvalue weighted by Gasteiger charge is -2.17. The maximum Gasteiger partial charge on any atom is 0.260 e. The van der Waals surface area contributed by atoms with Crippen molar-refractivity contribution in [3.63, 3.8) is 0 Å². The van der Waals surface area contributed by atoms with Crippen molar-refractivity contribution in [2.24, 2.45) is 5.92 Å². The van der Waals surface area contributed by atoms with E-state index in [1.807, 2.05) is 26.0 Å². The van der Waals surface area contributed by atoms with Crippen LogP contribution in [0.25, 0.3) is 0 Å². The second-order valence-electron chi connectivity index (χ2n) is 4.55. The number of hydrogen-bond donors (Lipinski definition) is 1.